The van der Waals surface area contributed by atoms with Gasteiger partial charge in [0.05, 0.1) is 6.42 Å². The van der Waals surface area contributed by atoms with Crippen molar-refractivity contribution >= 4 is 11.8 Å². The van der Waals surface area contributed by atoms with Gasteiger partial charge in [-0.15, -0.1) is 0 Å². The molecule has 4 unspecified atom stereocenters. The van der Waals surface area contributed by atoms with Crippen molar-refractivity contribution in [1.29, 1.82) is 0 Å². The molecule has 1 saturated carbocycles. The Labute approximate surface area is 166 Å². The number of amides is 2. The van der Waals surface area contributed by atoms with Crippen molar-refractivity contribution < 1.29 is 9.59 Å². The van der Waals surface area contributed by atoms with Gasteiger partial charge in [0.15, 0.2) is 0 Å². The molecule has 2 aromatic rings. The van der Waals surface area contributed by atoms with Crippen LogP contribution in [0.3, 0.4) is 0 Å². The van der Waals surface area contributed by atoms with Gasteiger partial charge >= 0.3 is 0 Å². The first-order chi connectivity index (χ1) is 13.6. The van der Waals surface area contributed by atoms with Crippen LogP contribution in [0.5, 0.6) is 0 Å². The predicted octanol–water partition coefficient (Wildman–Crippen LogP) is 3.71. The third-order valence-electron chi connectivity index (χ3n) is 6.28. The molecule has 2 aromatic carbocycles. The van der Waals surface area contributed by atoms with Crippen LogP contribution >= 0.6 is 0 Å². The summed E-state index contributed by atoms with van der Waals surface area (Å²) in [6.45, 7) is 2.18. The summed E-state index contributed by atoms with van der Waals surface area (Å²) in [5.74, 6) is 1.21. The summed E-state index contributed by atoms with van der Waals surface area (Å²) in [6.07, 6.45) is 3.95. The zero-order valence-electron chi connectivity index (χ0n) is 16.4. The number of carbonyl (C=O) groups is 2. The van der Waals surface area contributed by atoms with Crippen LogP contribution in [0.2, 0.25) is 0 Å². The Hall–Kier alpha value is -2.62. The zero-order valence-corrected chi connectivity index (χ0v) is 16.4. The summed E-state index contributed by atoms with van der Waals surface area (Å²) in [6, 6.07) is 18.8. The Balaban J connectivity index is 1.31. The molecule has 0 spiro atoms. The molecule has 0 radical (unpaired) electrons. The van der Waals surface area contributed by atoms with E-state index in [9.17, 15) is 9.59 Å². The molecular weight excluding hydrogens is 348 g/mol. The summed E-state index contributed by atoms with van der Waals surface area (Å²) in [5.41, 5.74) is 3.36. The maximum atomic E-state index is 12.5. The third kappa shape index (κ3) is 4.27. The minimum Gasteiger partial charge on any atom is -0.353 e. The lowest BCUT2D eigenvalue weighted by Gasteiger charge is -2.43. The third-order valence-corrected chi connectivity index (χ3v) is 6.28. The highest BCUT2D eigenvalue weighted by atomic mass is 16.2. The molecule has 1 aliphatic carbocycles. The Bertz CT molecular complexity index is 831. The fourth-order valence-electron chi connectivity index (χ4n) is 4.79. The summed E-state index contributed by atoms with van der Waals surface area (Å²) in [5, 5.41) is 6.32. The van der Waals surface area contributed by atoms with Crippen LogP contribution in [-0.2, 0) is 16.0 Å². The molecule has 2 fully saturated rings. The molecule has 2 N–H and O–H groups in total. The normalized spacial score (nSPS) is 26.8. The van der Waals surface area contributed by atoms with Crippen LogP contribution in [0.4, 0.5) is 0 Å². The van der Waals surface area contributed by atoms with E-state index < -0.39 is 0 Å². The van der Waals surface area contributed by atoms with Crippen LogP contribution in [0.1, 0.15) is 38.2 Å². The van der Waals surface area contributed by atoms with Gasteiger partial charge in [-0.05, 0) is 47.8 Å². The average molecular weight is 377 g/mol. The molecule has 2 aliphatic rings. The lowest BCUT2D eigenvalue weighted by Crippen LogP contribution is -2.55. The molecule has 4 atom stereocenters. The van der Waals surface area contributed by atoms with Gasteiger partial charge in [-0.3, -0.25) is 9.59 Å². The van der Waals surface area contributed by atoms with E-state index in [1.54, 1.807) is 0 Å². The smallest absolute Gasteiger partial charge is 0.224 e. The van der Waals surface area contributed by atoms with Gasteiger partial charge in [0, 0.05) is 18.5 Å². The zero-order chi connectivity index (χ0) is 19.5. The summed E-state index contributed by atoms with van der Waals surface area (Å²) >= 11 is 0. The number of rotatable bonds is 4. The lowest BCUT2D eigenvalue weighted by molar-refractivity contribution is -0.127. The van der Waals surface area contributed by atoms with Crippen molar-refractivity contribution in [3.63, 3.8) is 0 Å². The Morgan fingerprint density at radius 3 is 2.50 bits per heavy atom. The molecule has 4 rings (SSSR count). The molecule has 1 heterocycles. The first-order valence-corrected chi connectivity index (χ1v) is 10.3. The van der Waals surface area contributed by atoms with Crippen LogP contribution in [0.15, 0.2) is 54.6 Å². The van der Waals surface area contributed by atoms with Crippen molar-refractivity contribution in [1.82, 2.24) is 10.6 Å². The van der Waals surface area contributed by atoms with E-state index in [4.69, 9.17) is 0 Å². The van der Waals surface area contributed by atoms with Gasteiger partial charge in [0.2, 0.25) is 11.8 Å². The number of fused-ring (bicyclic) bond motifs is 1. The minimum atomic E-state index is 0.0612. The largest absolute Gasteiger partial charge is 0.353 e. The van der Waals surface area contributed by atoms with Gasteiger partial charge in [-0.1, -0.05) is 61.5 Å². The van der Waals surface area contributed by atoms with Gasteiger partial charge in [0.25, 0.3) is 0 Å². The van der Waals surface area contributed by atoms with Crippen molar-refractivity contribution in [3.05, 3.63) is 60.2 Å². The highest BCUT2D eigenvalue weighted by molar-refractivity contribution is 5.79. The first kappa shape index (κ1) is 18.7. The first-order valence-electron chi connectivity index (χ1n) is 10.3. The summed E-state index contributed by atoms with van der Waals surface area (Å²) in [7, 11) is 0. The lowest BCUT2D eigenvalue weighted by atomic mass is 9.72. The van der Waals surface area contributed by atoms with E-state index in [2.05, 4.69) is 41.8 Å². The molecule has 4 heteroatoms. The van der Waals surface area contributed by atoms with Crippen molar-refractivity contribution in [2.45, 2.75) is 51.1 Å². The second kappa shape index (κ2) is 8.17. The van der Waals surface area contributed by atoms with E-state index in [0.717, 1.165) is 30.4 Å². The van der Waals surface area contributed by atoms with Crippen molar-refractivity contribution in [2.24, 2.45) is 11.8 Å². The van der Waals surface area contributed by atoms with Crippen LogP contribution in [0, 0.1) is 11.8 Å². The second-order valence-corrected chi connectivity index (χ2v) is 8.34. The number of nitrogens with one attached hydrogen (secondary N) is 2. The highest BCUT2D eigenvalue weighted by Crippen LogP contribution is 2.35. The molecule has 0 aromatic heterocycles. The number of hydrogen-bond acceptors (Lipinski definition) is 2. The molecule has 28 heavy (non-hydrogen) atoms. The van der Waals surface area contributed by atoms with Gasteiger partial charge in [-0.25, -0.2) is 0 Å². The van der Waals surface area contributed by atoms with Crippen LogP contribution in [-0.4, -0.2) is 23.9 Å². The van der Waals surface area contributed by atoms with E-state index in [-0.39, 0.29) is 23.9 Å². The quantitative estimate of drug-likeness (QED) is 0.855. The molecule has 146 valence electrons. The number of piperidine rings is 1. The van der Waals surface area contributed by atoms with E-state index in [1.165, 1.54) is 5.56 Å². The molecule has 0 bridgehead atoms. The molecule has 1 aliphatic heterocycles. The minimum absolute atomic E-state index is 0.0612. The van der Waals surface area contributed by atoms with Crippen molar-refractivity contribution in [3.8, 4) is 11.1 Å². The second-order valence-electron chi connectivity index (χ2n) is 8.34. The van der Waals surface area contributed by atoms with Gasteiger partial charge < -0.3 is 10.6 Å². The monoisotopic (exact) mass is 376 g/mol. The van der Waals surface area contributed by atoms with E-state index >= 15 is 0 Å². The van der Waals surface area contributed by atoms with Gasteiger partial charge in [0.1, 0.15) is 0 Å². The number of benzene rings is 2. The van der Waals surface area contributed by atoms with Crippen molar-refractivity contribution in [2.75, 3.05) is 0 Å². The van der Waals surface area contributed by atoms with E-state index in [0.29, 0.717) is 24.7 Å². The van der Waals surface area contributed by atoms with Gasteiger partial charge in [-0.2, -0.15) is 0 Å². The summed E-state index contributed by atoms with van der Waals surface area (Å²) < 4.78 is 0. The fraction of sp³-hybridized carbons (Fsp3) is 0.417. The maximum Gasteiger partial charge on any atom is 0.224 e. The SMILES string of the molecule is CC1CC(=O)NC2CC(NC(=O)Cc3ccc(-c4ccccc4)cc3)CCC12. The summed E-state index contributed by atoms with van der Waals surface area (Å²) in [4.78, 5) is 24.4. The van der Waals surface area contributed by atoms with E-state index in [1.807, 2.05) is 30.3 Å². The Morgan fingerprint density at radius 1 is 1.04 bits per heavy atom. The average Bonchev–Trinajstić information content (AvgIpc) is 2.69. The standard InChI is InChI=1S/C24H28N2O2/c1-16-13-23(27)26-22-15-20(11-12-21(16)22)25-24(28)14-17-7-9-19(10-8-17)18-5-3-2-4-6-18/h2-10,16,20-22H,11-15H2,1H3,(H,25,28)(H,26,27). The topological polar surface area (TPSA) is 58.2 Å². The number of hydrogen-bond donors (Lipinski definition) is 2. The Morgan fingerprint density at radius 2 is 1.75 bits per heavy atom. The van der Waals surface area contributed by atoms with Crippen LogP contribution < -0.4 is 10.6 Å². The highest BCUT2D eigenvalue weighted by Gasteiger charge is 2.38. The molecule has 1 saturated heterocycles. The Kier molecular flexibility index (Phi) is 5.47. The molecule has 2 amide bonds. The maximum absolute atomic E-state index is 12.5. The predicted molar refractivity (Wildman–Crippen MR) is 111 cm³/mol. The fourth-order valence-corrected chi connectivity index (χ4v) is 4.79. The molecule has 4 nitrogen and oxygen atoms in total. The molecular formula is C24H28N2O2. The van der Waals surface area contributed by atoms with Crippen LogP contribution in [0.25, 0.3) is 11.1 Å². The number of carbonyl (C=O) groups excluding carboxylic acids is 2.